The monoisotopic (exact) mass is 392 g/mol. The van der Waals surface area contributed by atoms with E-state index in [2.05, 4.69) is 5.32 Å². The third-order valence-corrected chi connectivity index (χ3v) is 4.69. The molecule has 0 heterocycles. The van der Waals surface area contributed by atoms with Gasteiger partial charge in [0.15, 0.2) is 0 Å². The summed E-state index contributed by atoms with van der Waals surface area (Å²) in [5.74, 6) is -0.332. The lowest BCUT2D eigenvalue weighted by Gasteiger charge is -2.18. The number of nitrogens with zero attached hydrogens (tertiary/aromatic N) is 1. The molecule has 2 amide bonds. The van der Waals surface area contributed by atoms with Gasteiger partial charge in [-0.05, 0) is 42.2 Å². The largest absolute Gasteiger partial charge is 0.336 e. The van der Waals surface area contributed by atoms with E-state index in [0.29, 0.717) is 16.5 Å². The minimum atomic E-state index is -0.216. The number of hydrogen-bond donors (Lipinski definition) is 1. The van der Waals surface area contributed by atoms with Crippen molar-refractivity contribution in [2.24, 2.45) is 0 Å². The van der Waals surface area contributed by atoms with Gasteiger partial charge in [-0.2, -0.15) is 0 Å². The van der Waals surface area contributed by atoms with Crippen LogP contribution in [-0.2, 0) is 22.4 Å². The van der Waals surface area contributed by atoms with Gasteiger partial charge in [-0.15, -0.1) is 0 Å². The molecule has 0 bridgehead atoms. The van der Waals surface area contributed by atoms with Crippen LogP contribution in [0.5, 0.6) is 0 Å². The zero-order chi connectivity index (χ0) is 19.1. The summed E-state index contributed by atoms with van der Waals surface area (Å²) in [7, 11) is 1.62. The van der Waals surface area contributed by atoms with Crippen molar-refractivity contribution in [3.63, 3.8) is 0 Å². The first kappa shape index (κ1) is 20.3. The number of para-hydroxylation sites is 1. The number of hydrogen-bond acceptors (Lipinski definition) is 2. The second-order valence-electron chi connectivity index (χ2n) is 6.04. The van der Waals surface area contributed by atoms with Crippen LogP contribution in [0.2, 0.25) is 10.0 Å². The summed E-state index contributed by atoms with van der Waals surface area (Å²) in [5, 5.41) is 3.97. The van der Waals surface area contributed by atoms with E-state index in [9.17, 15) is 9.59 Å². The van der Waals surface area contributed by atoms with E-state index >= 15 is 0 Å². The van der Waals surface area contributed by atoms with Crippen LogP contribution in [0.25, 0.3) is 0 Å². The number of benzene rings is 2. The van der Waals surface area contributed by atoms with Gasteiger partial charge in [0, 0.05) is 29.2 Å². The maximum Gasteiger partial charge on any atom is 0.243 e. The maximum absolute atomic E-state index is 12.3. The van der Waals surface area contributed by atoms with Gasteiger partial charge in [0.2, 0.25) is 11.8 Å². The number of nitrogens with one attached hydrogen (secondary N) is 1. The molecular weight excluding hydrogens is 371 g/mol. The van der Waals surface area contributed by atoms with E-state index in [0.717, 1.165) is 23.2 Å². The highest BCUT2D eigenvalue weighted by Crippen LogP contribution is 2.22. The van der Waals surface area contributed by atoms with Crippen molar-refractivity contribution < 1.29 is 9.59 Å². The van der Waals surface area contributed by atoms with Crippen LogP contribution >= 0.6 is 23.2 Å². The Morgan fingerprint density at radius 3 is 2.50 bits per heavy atom. The smallest absolute Gasteiger partial charge is 0.243 e. The van der Waals surface area contributed by atoms with E-state index in [4.69, 9.17) is 23.2 Å². The van der Waals surface area contributed by atoms with Crippen molar-refractivity contribution in [2.75, 3.05) is 18.9 Å². The zero-order valence-electron chi connectivity index (χ0n) is 14.9. The Morgan fingerprint density at radius 1 is 1.08 bits per heavy atom. The summed E-state index contributed by atoms with van der Waals surface area (Å²) in [6.45, 7) is 2.04. The Kier molecular flexibility index (Phi) is 7.49. The maximum atomic E-state index is 12.3. The molecule has 6 heteroatoms. The number of amides is 2. The molecule has 138 valence electrons. The molecule has 0 aliphatic rings. The quantitative estimate of drug-likeness (QED) is 0.748. The average molecular weight is 393 g/mol. The fraction of sp³-hybridized carbons (Fsp3) is 0.300. The van der Waals surface area contributed by atoms with Gasteiger partial charge >= 0.3 is 0 Å². The molecule has 0 atom stereocenters. The summed E-state index contributed by atoms with van der Waals surface area (Å²) in [5.41, 5.74) is 2.71. The first-order valence-corrected chi connectivity index (χ1v) is 9.22. The van der Waals surface area contributed by atoms with Crippen LogP contribution in [0.3, 0.4) is 0 Å². The molecule has 26 heavy (non-hydrogen) atoms. The molecule has 0 radical (unpaired) electrons. The van der Waals surface area contributed by atoms with E-state index in [1.807, 2.05) is 37.3 Å². The third-order valence-electron chi connectivity index (χ3n) is 4.10. The molecule has 0 aromatic heterocycles. The molecule has 2 aromatic rings. The van der Waals surface area contributed by atoms with Crippen LogP contribution in [0, 0.1) is 0 Å². The summed E-state index contributed by atoms with van der Waals surface area (Å²) in [6, 6.07) is 12.9. The first-order chi connectivity index (χ1) is 12.4. The van der Waals surface area contributed by atoms with Crippen LogP contribution in [-0.4, -0.2) is 30.3 Å². The lowest BCUT2D eigenvalue weighted by Crippen LogP contribution is -2.35. The van der Waals surface area contributed by atoms with Crippen molar-refractivity contribution >= 4 is 40.7 Å². The molecule has 0 fully saturated rings. The van der Waals surface area contributed by atoms with Gasteiger partial charge in [-0.3, -0.25) is 9.59 Å². The zero-order valence-corrected chi connectivity index (χ0v) is 16.4. The molecule has 0 aliphatic heterocycles. The Hall–Kier alpha value is -2.04. The molecule has 0 unspecified atom stereocenters. The second-order valence-corrected chi connectivity index (χ2v) is 6.89. The van der Waals surface area contributed by atoms with E-state index in [1.54, 1.807) is 19.2 Å². The van der Waals surface area contributed by atoms with Gasteiger partial charge in [0.1, 0.15) is 0 Å². The van der Waals surface area contributed by atoms with Crippen LogP contribution in [0.1, 0.15) is 24.5 Å². The van der Waals surface area contributed by atoms with Gasteiger partial charge in [0.25, 0.3) is 0 Å². The normalized spacial score (nSPS) is 10.5. The second kappa shape index (κ2) is 9.60. The van der Waals surface area contributed by atoms with Crippen LogP contribution in [0.4, 0.5) is 5.69 Å². The van der Waals surface area contributed by atoms with E-state index in [1.165, 1.54) is 4.90 Å². The Balaban J connectivity index is 1.87. The molecular formula is C20H22Cl2N2O2. The van der Waals surface area contributed by atoms with Crippen molar-refractivity contribution in [3.8, 4) is 0 Å². The predicted molar refractivity (Wildman–Crippen MR) is 107 cm³/mol. The molecule has 4 nitrogen and oxygen atoms in total. The summed E-state index contributed by atoms with van der Waals surface area (Å²) >= 11 is 12.0. The van der Waals surface area contributed by atoms with Crippen LogP contribution < -0.4 is 5.32 Å². The Labute approximate surface area is 164 Å². The number of likely N-dealkylation sites (N-methyl/N-ethyl adjacent to an activating group) is 1. The summed E-state index contributed by atoms with van der Waals surface area (Å²) in [4.78, 5) is 25.9. The average Bonchev–Trinajstić information content (AvgIpc) is 2.61. The minimum absolute atomic E-state index is 0.00519. The summed E-state index contributed by atoms with van der Waals surface area (Å²) in [6.07, 6.45) is 1.60. The number of halogens is 2. The van der Waals surface area contributed by atoms with Crippen molar-refractivity contribution in [1.29, 1.82) is 0 Å². The number of carbonyl (C=O) groups is 2. The molecule has 0 saturated carbocycles. The molecule has 2 rings (SSSR count). The van der Waals surface area contributed by atoms with Gasteiger partial charge in [0.05, 0.1) is 6.54 Å². The van der Waals surface area contributed by atoms with Crippen molar-refractivity contribution in [1.82, 2.24) is 4.90 Å². The highest BCUT2D eigenvalue weighted by atomic mass is 35.5. The van der Waals surface area contributed by atoms with Gasteiger partial charge in [-0.25, -0.2) is 0 Å². The highest BCUT2D eigenvalue weighted by molar-refractivity contribution is 6.35. The number of rotatable bonds is 7. The fourth-order valence-corrected chi connectivity index (χ4v) is 3.10. The number of carbonyl (C=O) groups excluding carboxylic acids is 2. The highest BCUT2D eigenvalue weighted by Gasteiger charge is 2.14. The number of anilines is 1. The molecule has 2 aromatic carbocycles. The Morgan fingerprint density at radius 2 is 1.81 bits per heavy atom. The molecule has 1 N–H and O–H groups in total. The third kappa shape index (κ3) is 5.75. The summed E-state index contributed by atoms with van der Waals surface area (Å²) < 4.78 is 0. The van der Waals surface area contributed by atoms with Crippen LogP contribution in [0.15, 0.2) is 42.5 Å². The minimum Gasteiger partial charge on any atom is -0.336 e. The van der Waals surface area contributed by atoms with Gasteiger partial charge in [-0.1, -0.05) is 54.4 Å². The standard InChI is InChI=1S/C20H22Cl2N2O2/c1-3-14-6-4-5-7-18(14)23-19(25)13-24(2)20(26)11-9-15-8-10-16(21)12-17(15)22/h4-8,10,12H,3,9,11,13H2,1-2H3,(H,23,25). The molecule has 0 saturated heterocycles. The van der Waals surface area contributed by atoms with E-state index in [-0.39, 0.29) is 24.8 Å². The SMILES string of the molecule is CCc1ccccc1NC(=O)CN(C)C(=O)CCc1ccc(Cl)cc1Cl. The number of aryl methyl sites for hydroxylation is 2. The predicted octanol–water partition coefficient (Wildman–Crippen LogP) is 4.59. The van der Waals surface area contributed by atoms with Crippen molar-refractivity contribution in [3.05, 3.63) is 63.6 Å². The lowest BCUT2D eigenvalue weighted by molar-refractivity contribution is -0.133. The Bertz CT molecular complexity index is 793. The van der Waals surface area contributed by atoms with Gasteiger partial charge < -0.3 is 10.2 Å². The molecule has 0 aliphatic carbocycles. The first-order valence-electron chi connectivity index (χ1n) is 8.46. The molecule has 0 spiro atoms. The topological polar surface area (TPSA) is 49.4 Å². The fourth-order valence-electron chi connectivity index (χ4n) is 2.60. The lowest BCUT2D eigenvalue weighted by atomic mass is 10.1. The van der Waals surface area contributed by atoms with Crippen molar-refractivity contribution in [2.45, 2.75) is 26.2 Å². The van der Waals surface area contributed by atoms with E-state index < -0.39 is 0 Å².